The Kier molecular flexibility index (Phi) is 4.34. The summed E-state index contributed by atoms with van der Waals surface area (Å²) in [5.41, 5.74) is 3.33. The topological polar surface area (TPSA) is 51.1 Å². The summed E-state index contributed by atoms with van der Waals surface area (Å²) in [7, 11) is 2.12. The van der Waals surface area contributed by atoms with Gasteiger partial charge in [-0.25, -0.2) is 4.98 Å². The molecule has 5 nitrogen and oxygen atoms in total. The van der Waals surface area contributed by atoms with Gasteiger partial charge < -0.3 is 9.64 Å². The molecule has 2 aromatic heterocycles. The molecule has 116 valence electrons. The molecule has 1 atom stereocenters. The Morgan fingerprint density at radius 2 is 2.14 bits per heavy atom. The van der Waals surface area contributed by atoms with Crippen LogP contribution >= 0.6 is 0 Å². The van der Waals surface area contributed by atoms with Crippen LogP contribution in [0.4, 0.5) is 0 Å². The van der Waals surface area contributed by atoms with Crippen LogP contribution in [0.3, 0.4) is 0 Å². The van der Waals surface area contributed by atoms with Crippen molar-refractivity contribution in [2.45, 2.75) is 32.8 Å². The summed E-state index contributed by atoms with van der Waals surface area (Å²) < 4.78 is 5.98. The summed E-state index contributed by atoms with van der Waals surface area (Å²) in [6, 6.07) is 6.04. The van der Waals surface area contributed by atoms with Crippen molar-refractivity contribution in [1.29, 1.82) is 0 Å². The van der Waals surface area contributed by atoms with Crippen LogP contribution in [0.5, 0.6) is 5.88 Å². The lowest BCUT2D eigenvalue weighted by Crippen LogP contribution is -2.33. The molecule has 1 unspecified atom stereocenters. The number of hydrogen-bond donors (Lipinski definition) is 0. The van der Waals surface area contributed by atoms with Gasteiger partial charge in [-0.15, -0.1) is 0 Å². The van der Waals surface area contributed by atoms with E-state index >= 15 is 0 Å². The normalized spacial score (nSPS) is 16.6. The van der Waals surface area contributed by atoms with Crippen molar-refractivity contribution < 1.29 is 4.74 Å². The van der Waals surface area contributed by atoms with Gasteiger partial charge in [0.25, 0.3) is 0 Å². The van der Waals surface area contributed by atoms with E-state index in [1.807, 2.05) is 32.2 Å². The summed E-state index contributed by atoms with van der Waals surface area (Å²) in [6.07, 6.45) is 3.86. The van der Waals surface area contributed by atoms with Crippen molar-refractivity contribution in [1.82, 2.24) is 19.9 Å². The van der Waals surface area contributed by atoms with Gasteiger partial charge in [0.05, 0.1) is 0 Å². The number of nitrogens with zero attached hydrogens (tertiary/aromatic N) is 4. The molecule has 0 N–H and O–H groups in total. The number of aromatic nitrogens is 3. The maximum absolute atomic E-state index is 5.98. The van der Waals surface area contributed by atoms with Crippen molar-refractivity contribution >= 4 is 0 Å². The van der Waals surface area contributed by atoms with E-state index in [1.54, 1.807) is 0 Å². The summed E-state index contributed by atoms with van der Waals surface area (Å²) in [4.78, 5) is 15.5. The summed E-state index contributed by atoms with van der Waals surface area (Å²) >= 11 is 0. The summed E-state index contributed by atoms with van der Waals surface area (Å²) in [6.45, 7) is 5.80. The van der Waals surface area contributed by atoms with Crippen molar-refractivity contribution in [3.05, 3.63) is 47.2 Å². The molecule has 3 rings (SSSR count). The third-order valence-electron chi connectivity index (χ3n) is 3.99. The Bertz CT molecular complexity index is 645. The molecule has 0 aliphatic carbocycles. The monoisotopic (exact) mass is 298 g/mol. The van der Waals surface area contributed by atoms with Crippen molar-refractivity contribution in [3.63, 3.8) is 0 Å². The Hall–Kier alpha value is -2.01. The van der Waals surface area contributed by atoms with E-state index < -0.39 is 0 Å². The van der Waals surface area contributed by atoms with Crippen molar-refractivity contribution in [2.75, 3.05) is 20.1 Å². The molecular weight excluding hydrogens is 276 g/mol. The molecule has 2 aromatic rings. The highest BCUT2D eigenvalue weighted by Crippen LogP contribution is 2.28. The number of pyridine rings is 1. The highest BCUT2D eigenvalue weighted by molar-refractivity contribution is 5.34. The number of rotatable bonds is 5. The van der Waals surface area contributed by atoms with Gasteiger partial charge in [-0.3, -0.25) is 4.98 Å². The summed E-state index contributed by atoms with van der Waals surface area (Å²) in [5.74, 6) is 1.55. The van der Waals surface area contributed by atoms with E-state index in [0.717, 1.165) is 54.6 Å². The van der Waals surface area contributed by atoms with E-state index in [0.29, 0.717) is 0 Å². The molecule has 0 bridgehead atoms. The van der Waals surface area contributed by atoms with Gasteiger partial charge in [0, 0.05) is 49.1 Å². The van der Waals surface area contributed by atoms with Crippen LogP contribution in [0.25, 0.3) is 0 Å². The lowest BCUT2D eigenvalue weighted by Gasteiger charge is -2.20. The number of likely N-dealkylation sites (N-methyl/N-ethyl adjacent to an activating group) is 1. The number of fused-ring (bicyclic) bond motifs is 1. The molecule has 0 amide bonds. The minimum Gasteiger partial charge on any atom is -0.472 e. The van der Waals surface area contributed by atoms with Gasteiger partial charge >= 0.3 is 0 Å². The smallest absolute Gasteiger partial charge is 0.220 e. The Morgan fingerprint density at radius 1 is 1.27 bits per heavy atom. The van der Waals surface area contributed by atoms with E-state index in [-0.39, 0.29) is 6.10 Å². The minimum absolute atomic E-state index is 0.165. The van der Waals surface area contributed by atoms with Crippen LogP contribution in [-0.4, -0.2) is 46.1 Å². The molecule has 3 heterocycles. The molecule has 22 heavy (non-hydrogen) atoms. The van der Waals surface area contributed by atoms with E-state index in [9.17, 15) is 0 Å². The zero-order chi connectivity index (χ0) is 15.5. The predicted molar refractivity (Wildman–Crippen MR) is 85.1 cm³/mol. The average molecular weight is 298 g/mol. The number of hydrogen-bond acceptors (Lipinski definition) is 5. The molecule has 0 radical (unpaired) electrons. The molecule has 5 heteroatoms. The number of aryl methyl sites for hydroxylation is 2. The van der Waals surface area contributed by atoms with E-state index in [1.165, 1.54) is 0 Å². The lowest BCUT2D eigenvalue weighted by atomic mass is 10.1. The molecule has 1 aliphatic rings. The SMILES string of the molecule is Cc1nc(C)c2c(n1)OC(CN(C)CCc1ccccn1)C2. The van der Waals surface area contributed by atoms with Gasteiger partial charge in [-0.2, -0.15) is 4.98 Å². The maximum atomic E-state index is 5.98. The fraction of sp³-hybridized carbons (Fsp3) is 0.471. The van der Waals surface area contributed by atoms with Gasteiger partial charge in [-0.1, -0.05) is 6.07 Å². The molecule has 0 spiro atoms. The fourth-order valence-electron chi connectivity index (χ4n) is 2.86. The first kappa shape index (κ1) is 14.9. The molecule has 1 aliphatic heterocycles. The van der Waals surface area contributed by atoms with Gasteiger partial charge in [0.15, 0.2) is 0 Å². The Balaban J connectivity index is 1.53. The first-order chi connectivity index (χ1) is 10.6. The Labute approximate surface area is 131 Å². The van der Waals surface area contributed by atoms with Crippen LogP contribution < -0.4 is 4.74 Å². The third-order valence-corrected chi connectivity index (χ3v) is 3.99. The third kappa shape index (κ3) is 3.42. The second kappa shape index (κ2) is 6.40. The van der Waals surface area contributed by atoms with E-state index in [4.69, 9.17) is 4.74 Å². The minimum atomic E-state index is 0.165. The van der Waals surface area contributed by atoms with Crippen molar-refractivity contribution in [3.8, 4) is 5.88 Å². The first-order valence-electron chi connectivity index (χ1n) is 7.71. The lowest BCUT2D eigenvalue weighted by molar-refractivity contribution is 0.165. The largest absolute Gasteiger partial charge is 0.472 e. The van der Waals surface area contributed by atoms with Gasteiger partial charge in [-0.05, 0) is 33.0 Å². The predicted octanol–water partition coefficient (Wildman–Crippen LogP) is 1.97. The van der Waals surface area contributed by atoms with Crippen LogP contribution in [-0.2, 0) is 12.8 Å². The zero-order valence-electron chi connectivity index (χ0n) is 13.4. The van der Waals surface area contributed by atoms with Crippen LogP contribution in [0.1, 0.15) is 22.8 Å². The van der Waals surface area contributed by atoms with Crippen LogP contribution in [0.15, 0.2) is 24.4 Å². The van der Waals surface area contributed by atoms with Crippen LogP contribution in [0, 0.1) is 13.8 Å². The average Bonchev–Trinajstić information content (AvgIpc) is 2.89. The first-order valence-corrected chi connectivity index (χ1v) is 7.71. The zero-order valence-corrected chi connectivity index (χ0v) is 13.4. The standard InChI is InChI=1S/C17H22N4O/c1-12-16-10-15(22-17(16)20-13(2)19-12)11-21(3)9-7-14-6-4-5-8-18-14/h4-6,8,15H,7,9-11H2,1-3H3. The Morgan fingerprint density at radius 3 is 2.91 bits per heavy atom. The molecule has 0 aromatic carbocycles. The fourth-order valence-corrected chi connectivity index (χ4v) is 2.86. The molecule has 0 saturated carbocycles. The maximum Gasteiger partial charge on any atom is 0.220 e. The summed E-state index contributed by atoms with van der Waals surface area (Å²) in [5, 5.41) is 0. The highest BCUT2D eigenvalue weighted by Gasteiger charge is 2.27. The quantitative estimate of drug-likeness (QED) is 0.844. The molecular formula is C17H22N4O. The van der Waals surface area contributed by atoms with E-state index in [2.05, 4.69) is 33.0 Å². The number of ether oxygens (including phenoxy) is 1. The van der Waals surface area contributed by atoms with Crippen LogP contribution in [0.2, 0.25) is 0 Å². The molecule has 0 saturated heterocycles. The van der Waals surface area contributed by atoms with Gasteiger partial charge in [0.1, 0.15) is 11.9 Å². The van der Waals surface area contributed by atoms with Crippen molar-refractivity contribution in [2.24, 2.45) is 0 Å². The second-order valence-electron chi connectivity index (χ2n) is 5.92. The highest BCUT2D eigenvalue weighted by atomic mass is 16.5. The molecule has 0 fully saturated rings. The second-order valence-corrected chi connectivity index (χ2v) is 5.92. The van der Waals surface area contributed by atoms with Gasteiger partial charge in [0.2, 0.25) is 5.88 Å².